The number of ether oxygens (including phenoxy) is 1. The van der Waals surface area contributed by atoms with Gasteiger partial charge in [0.1, 0.15) is 11.6 Å². The number of nitrogens with one attached hydrogen (secondary N) is 2. The fourth-order valence-corrected chi connectivity index (χ4v) is 1.84. The van der Waals surface area contributed by atoms with Gasteiger partial charge in [-0.2, -0.15) is 0 Å². The lowest BCUT2D eigenvalue weighted by Crippen LogP contribution is -2.14. The summed E-state index contributed by atoms with van der Waals surface area (Å²) in [7, 11) is 0. The standard InChI is InChI=1S/C12H19Cl2N3O/c1-4-15-11-9(13)7-10(14)12(17-11)16-5-6-18-8(2)3/h7-8H,4-6H2,1-3H3,(H2,15,16,17). The van der Waals surface area contributed by atoms with E-state index in [9.17, 15) is 0 Å². The van der Waals surface area contributed by atoms with Crippen LogP contribution in [0.4, 0.5) is 11.6 Å². The van der Waals surface area contributed by atoms with Crippen LogP contribution in [-0.4, -0.2) is 30.8 Å². The average Bonchev–Trinajstić information content (AvgIpc) is 2.29. The Morgan fingerprint density at radius 1 is 1.22 bits per heavy atom. The van der Waals surface area contributed by atoms with E-state index in [1.54, 1.807) is 6.07 Å². The summed E-state index contributed by atoms with van der Waals surface area (Å²) in [5, 5.41) is 7.23. The second kappa shape index (κ2) is 7.67. The van der Waals surface area contributed by atoms with Crippen molar-refractivity contribution in [3.63, 3.8) is 0 Å². The van der Waals surface area contributed by atoms with Gasteiger partial charge < -0.3 is 15.4 Å². The van der Waals surface area contributed by atoms with Crippen molar-refractivity contribution in [2.45, 2.75) is 26.9 Å². The predicted molar refractivity (Wildman–Crippen MR) is 78.0 cm³/mol. The fraction of sp³-hybridized carbons (Fsp3) is 0.583. The topological polar surface area (TPSA) is 46.2 Å². The largest absolute Gasteiger partial charge is 0.377 e. The first-order chi connectivity index (χ1) is 8.54. The van der Waals surface area contributed by atoms with Crippen molar-refractivity contribution in [1.29, 1.82) is 0 Å². The summed E-state index contributed by atoms with van der Waals surface area (Å²) in [5.74, 6) is 1.25. The molecule has 0 radical (unpaired) electrons. The van der Waals surface area contributed by atoms with Gasteiger partial charge in [0, 0.05) is 13.1 Å². The van der Waals surface area contributed by atoms with Crippen molar-refractivity contribution in [3.05, 3.63) is 16.1 Å². The van der Waals surface area contributed by atoms with Crippen LogP contribution in [0.5, 0.6) is 0 Å². The molecule has 0 bridgehead atoms. The maximum atomic E-state index is 6.07. The van der Waals surface area contributed by atoms with Crippen LogP contribution >= 0.6 is 23.2 Å². The molecule has 0 aliphatic rings. The van der Waals surface area contributed by atoms with E-state index in [1.165, 1.54) is 0 Å². The zero-order valence-corrected chi connectivity index (χ0v) is 12.4. The normalized spacial score (nSPS) is 10.8. The number of pyridine rings is 1. The highest BCUT2D eigenvalue weighted by Crippen LogP contribution is 2.28. The van der Waals surface area contributed by atoms with Crippen LogP contribution in [0.25, 0.3) is 0 Å². The molecule has 0 saturated carbocycles. The third-order valence-electron chi connectivity index (χ3n) is 2.12. The number of halogens is 2. The van der Waals surface area contributed by atoms with Gasteiger partial charge in [0.25, 0.3) is 0 Å². The predicted octanol–water partition coefficient (Wildman–Crippen LogP) is 3.66. The second-order valence-electron chi connectivity index (χ2n) is 4.03. The molecule has 0 aliphatic carbocycles. The van der Waals surface area contributed by atoms with Crippen molar-refractivity contribution in [3.8, 4) is 0 Å². The summed E-state index contributed by atoms with van der Waals surface area (Å²) < 4.78 is 5.43. The first-order valence-electron chi connectivity index (χ1n) is 6.00. The van der Waals surface area contributed by atoms with E-state index >= 15 is 0 Å². The molecule has 1 heterocycles. The van der Waals surface area contributed by atoms with Gasteiger partial charge in [-0.1, -0.05) is 23.2 Å². The first kappa shape index (κ1) is 15.3. The van der Waals surface area contributed by atoms with E-state index in [-0.39, 0.29) is 6.10 Å². The third kappa shape index (κ3) is 4.88. The molecule has 1 aromatic heterocycles. The Hall–Kier alpha value is -0.710. The molecule has 0 aromatic carbocycles. The molecule has 2 N–H and O–H groups in total. The van der Waals surface area contributed by atoms with E-state index in [2.05, 4.69) is 15.6 Å². The second-order valence-corrected chi connectivity index (χ2v) is 4.84. The summed E-state index contributed by atoms with van der Waals surface area (Å²) in [4.78, 5) is 4.34. The smallest absolute Gasteiger partial charge is 0.147 e. The van der Waals surface area contributed by atoms with E-state index in [0.29, 0.717) is 34.8 Å². The molecule has 0 fully saturated rings. The number of anilines is 2. The summed E-state index contributed by atoms with van der Waals surface area (Å²) in [6.45, 7) is 7.99. The number of hydrogen-bond donors (Lipinski definition) is 2. The van der Waals surface area contributed by atoms with Gasteiger partial charge in [0.2, 0.25) is 0 Å². The summed E-state index contributed by atoms with van der Waals surface area (Å²) in [6, 6.07) is 1.68. The van der Waals surface area contributed by atoms with Crippen LogP contribution in [0.15, 0.2) is 6.07 Å². The Bertz CT molecular complexity index is 386. The molecule has 18 heavy (non-hydrogen) atoms. The molecule has 4 nitrogen and oxygen atoms in total. The van der Waals surface area contributed by atoms with Crippen LogP contribution < -0.4 is 10.6 Å². The lowest BCUT2D eigenvalue weighted by atomic mass is 10.4. The van der Waals surface area contributed by atoms with Crippen LogP contribution in [0.2, 0.25) is 10.0 Å². The van der Waals surface area contributed by atoms with Gasteiger partial charge in [0.05, 0.1) is 22.8 Å². The van der Waals surface area contributed by atoms with Crippen LogP contribution in [0, 0.1) is 0 Å². The quantitative estimate of drug-likeness (QED) is 0.753. The molecule has 102 valence electrons. The number of nitrogens with zero attached hydrogens (tertiary/aromatic N) is 1. The fourth-order valence-electron chi connectivity index (χ4n) is 1.35. The van der Waals surface area contributed by atoms with Gasteiger partial charge in [-0.05, 0) is 26.8 Å². The van der Waals surface area contributed by atoms with Crippen LogP contribution in [-0.2, 0) is 4.74 Å². The van der Waals surface area contributed by atoms with Crippen LogP contribution in [0.3, 0.4) is 0 Å². The first-order valence-corrected chi connectivity index (χ1v) is 6.75. The molecule has 0 saturated heterocycles. The lowest BCUT2D eigenvalue weighted by Gasteiger charge is -2.12. The Morgan fingerprint density at radius 2 is 1.83 bits per heavy atom. The van der Waals surface area contributed by atoms with E-state index in [4.69, 9.17) is 27.9 Å². The highest BCUT2D eigenvalue weighted by Gasteiger charge is 2.08. The molecular formula is C12H19Cl2N3O. The van der Waals surface area contributed by atoms with Crippen molar-refractivity contribution < 1.29 is 4.74 Å². The summed E-state index contributed by atoms with van der Waals surface area (Å²) in [5.41, 5.74) is 0. The maximum absolute atomic E-state index is 6.07. The zero-order valence-electron chi connectivity index (χ0n) is 10.9. The Morgan fingerprint density at radius 3 is 2.39 bits per heavy atom. The monoisotopic (exact) mass is 291 g/mol. The molecule has 1 aromatic rings. The lowest BCUT2D eigenvalue weighted by molar-refractivity contribution is 0.0870. The molecule has 0 unspecified atom stereocenters. The molecule has 0 spiro atoms. The van der Waals surface area contributed by atoms with Gasteiger partial charge in [-0.25, -0.2) is 4.98 Å². The van der Waals surface area contributed by atoms with E-state index < -0.39 is 0 Å². The molecule has 1 rings (SSSR count). The third-order valence-corrected chi connectivity index (χ3v) is 2.70. The highest BCUT2D eigenvalue weighted by molar-refractivity contribution is 6.37. The number of rotatable bonds is 7. The summed E-state index contributed by atoms with van der Waals surface area (Å²) >= 11 is 12.1. The van der Waals surface area contributed by atoms with Crippen molar-refractivity contribution in [2.24, 2.45) is 0 Å². The Labute approximate surface area is 118 Å². The number of aromatic nitrogens is 1. The van der Waals surface area contributed by atoms with Gasteiger partial charge >= 0.3 is 0 Å². The molecule has 6 heteroatoms. The minimum Gasteiger partial charge on any atom is -0.377 e. The minimum absolute atomic E-state index is 0.220. The number of hydrogen-bond acceptors (Lipinski definition) is 4. The van der Waals surface area contributed by atoms with Gasteiger partial charge in [-0.15, -0.1) is 0 Å². The minimum atomic E-state index is 0.220. The summed E-state index contributed by atoms with van der Waals surface area (Å²) in [6.07, 6.45) is 0.220. The van der Waals surface area contributed by atoms with Gasteiger partial charge in [-0.3, -0.25) is 0 Å². The molecule has 0 amide bonds. The van der Waals surface area contributed by atoms with Crippen LogP contribution in [0.1, 0.15) is 20.8 Å². The van der Waals surface area contributed by atoms with Crippen molar-refractivity contribution in [1.82, 2.24) is 4.98 Å². The molecular weight excluding hydrogens is 273 g/mol. The van der Waals surface area contributed by atoms with E-state index in [1.807, 2.05) is 20.8 Å². The SMILES string of the molecule is CCNc1nc(NCCOC(C)C)c(Cl)cc1Cl. The Kier molecular flexibility index (Phi) is 6.54. The maximum Gasteiger partial charge on any atom is 0.147 e. The highest BCUT2D eigenvalue weighted by atomic mass is 35.5. The van der Waals surface area contributed by atoms with Crippen molar-refractivity contribution in [2.75, 3.05) is 30.3 Å². The molecule has 0 atom stereocenters. The Balaban J connectivity index is 2.61. The van der Waals surface area contributed by atoms with Gasteiger partial charge in [0.15, 0.2) is 0 Å². The zero-order chi connectivity index (χ0) is 13.5. The van der Waals surface area contributed by atoms with Crippen molar-refractivity contribution >= 4 is 34.8 Å². The van der Waals surface area contributed by atoms with E-state index in [0.717, 1.165) is 6.54 Å². The molecule has 0 aliphatic heterocycles. The average molecular weight is 292 g/mol.